The molecule has 2 amide bonds. The zero-order valence-electron chi connectivity index (χ0n) is 22.9. The fourth-order valence-electron chi connectivity index (χ4n) is 5.26. The number of allylic oxidation sites excluding steroid dienone is 1. The summed E-state index contributed by atoms with van der Waals surface area (Å²) >= 11 is 0. The summed E-state index contributed by atoms with van der Waals surface area (Å²) in [6.45, 7) is 2.69. The molecule has 0 radical (unpaired) electrons. The fourth-order valence-corrected chi connectivity index (χ4v) is 9.41. The highest BCUT2D eigenvalue weighted by Gasteiger charge is 2.45. The number of rotatable bonds is 7. The average Bonchev–Trinajstić information content (AvgIpc) is 3.25. The van der Waals surface area contributed by atoms with Crippen molar-refractivity contribution in [3.8, 4) is 0 Å². The van der Waals surface area contributed by atoms with E-state index in [2.05, 4.69) is 119 Å². The van der Waals surface area contributed by atoms with Crippen LogP contribution < -0.4 is 15.9 Å². The average molecular weight is 600 g/mol. The Hall–Kier alpha value is -4.14. The van der Waals surface area contributed by atoms with Crippen molar-refractivity contribution in [1.29, 1.82) is 0 Å². The first kappa shape index (κ1) is 29.4. The van der Waals surface area contributed by atoms with E-state index in [4.69, 9.17) is 0 Å². The van der Waals surface area contributed by atoms with E-state index in [0.29, 0.717) is 22.9 Å². The highest BCUT2D eigenvalue weighted by atomic mass is 32.3. The molecule has 1 aromatic heterocycles. The number of benzene rings is 3. The van der Waals surface area contributed by atoms with Crippen LogP contribution in [0, 0.1) is 0 Å². The Morgan fingerprint density at radius 3 is 1.83 bits per heavy atom. The molecule has 0 aliphatic carbocycles. The number of aromatic nitrogens is 1. The molecular weight excluding hydrogens is 569 g/mol. The van der Waals surface area contributed by atoms with E-state index in [1.807, 2.05) is 0 Å². The summed E-state index contributed by atoms with van der Waals surface area (Å²) in [4.78, 5) is 17.5. The molecule has 4 aromatic rings. The molecule has 3 aromatic carbocycles. The Bertz CT molecular complexity index is 1570. The zero-order chi connectivity index (χ0) is 29.6. The monoisotopic (exact) mass is 599 g/mol. The van der Waals surface area contributed by atoms with Crippen LogP contribution in [0.3, 0.4) is 0 Å². The number of amides is 2. The minimum atomic E-state index is -5.00. The van der Waals surface area contributed by atoms with Gasteiger partial charge in [-0.2, -0.15) is 9.35 Å². The number of hydrogen-bond donors (Lipinski definition) is 0. The second kappa shape index (κ2) is 12.8. The normalized spacial score (nSPS) is 16.7. The molecule has 214 valence electrons. The Balaban J connectivity index is 0.000000169. The summed E-state index contributed by atoms with van der Waals surface area (Å²) in [6, 6.07) is 36.6. The van der Waals surface area contributed by atoms with Gasteiger partial charge in [0, 0.05) is 18.3 Å². The van der Waals surface area contributed by atoms with Crippen LogP contribution in [0.1, 0.15) is 12.6 Å². The molecular formula is C32H30N3O5PS. The van der Waals surface area contributed by atoms with Crippen LogP contribution in [0.4, 0.5) is 4.79 Å². The third kappa shape index (κ3) is 6.20. The molecule has 2 aliphatic heterocycles. The molecule has 3 heterocycles. The maximum Gasteiger partial charge on any atom is 0.346 e. The minimum absolute atomic E-state index is 0.261. The quantitative estimate of drug-likeness (QED) is 0.176. The summed E-state index contributed by atoms with van der Waals surface area (Å²) in [5, 5.41) is 4.79. The van der Waals surface area contributed by atoms with E-state index in [9.17, 15) is 17.8 Å². The SMILES string of the molecule is CC=C[P+](c1ccccc1)(c1ccccc1)c1ccccc1.O=C1N2CC=C(c3ccccn3)C(C2)N1OS(=O)(=O)[O-]. The highest BCUT2D eigenvalue weighted by Crippen LogP contribution is 2.56. The summed E-state index contributed by atoms with van der Waals surface area (Å²) in [6.07, 6.45) is 5.56. The van der Waals surface area contributed by atoms with Crippen LogP contribution in [0.15, 0.2) is 133 Å². The lowest BCUT2D eigenvalue weighted by Crippen LogP contribution is -2.36. The lowest BCUT2D eigenvalue weighted by atomic mass is 10.0. The number of fused-ring (bicyclic) bond motifs is 2. The van der Waals surface area contributed by atoms with Gasteiger partial charge < -0.3 is 9.45 Å². The largest absolute Gasteiger partial charge is 0.724 e. The molecule has 10 heteroatoms. The van der Waals surface area contributed by atoms with E-state index < -0.39 is 29.7 Å². The summed E-state index contributed by atoms with van der Waals surface area (Å²) in [5.41, 5.74) is 1.28. The predicted molar refractivity (Wildman–Crippen MR) is 166 cm³/mol. The number of hydrogen-bond acceptors (Lipinski definition) is 6. The first-order valence-corrected chi connectivity index (χ1v) is 16.6. The van der Waals surface area contributed by atoms with Crippen LogP contribution in [-0.4, -0.2) is 53.1 Å². The molecule has 6 rings (SSSR count). The summed E-state index contributed by atoms with van der Waals surface area (Å²) < 4.78 is 36.5. The minimum Gasteiger partial charge on any atom is -0.724 e. The van der Waals surface area contributed by atoms with Gasteiger partial charge in [0.25, 0.3) is 0 Å². The van der Waals surface area contributed by atoms with Crippen molar-refractivity contribution in [2.24, 2.45) is 0 Å². The van der Waals surface area contributed by atoms with E-state index in [0.717, 1.165) is 0 Å². The Kier molecular flexibility index (Phi) is 8.94. The van der Waals surface area contributed by atoms with Crippen molar-refractivity contribution in [1.82, 2.24) is 14.9 Å². The molecule has 1 saturated heterocycles. The second-order valence-electron chi connectivity index (χ2n) is 9.60. The number of pyridine rings is 1. The highest BCUT2D eigenvalue weighted by molar-refractivity contribution is 7.98. The lowest BCUT2D eigenvalue weighted by Gasteiger charge is -2.24. The fraction of sp³-hybridized carbons (Fsp3) is 0.125. The van der Waals surface area contributed by atoms with Gasteiger partial charge in [-0.15, -0.1) is 0 Å². The van der Waals surface area contributed by atoms with Gasteiger partial charge in [0.1, 0.15) is 29.2 Å². The first-order valence-electron chi connectivity index (χ1n) is 13.4. The summed E-state index contributed by atoms with van der Waals surface area (Å²) in [5.74, 6) is 2.41. The van der Waals surface area contributed by atoms with Crippen molar-refractivity contribution in [2.45, 2.75) is 13.0 Å². The first-order chi connectivity index (χ1) is 20.3. The van der Waals surface area contributed by atoms with Crippen LogP contribution in [-0.2, 0) is 14.7 Å². The van der Waals surface area contributed by atoms with Gasteiger partial charge in [-0.05, 0) is 55.5 Å². The number of carbonyl (C=O) groups is 1. The van der Waals surface area contributed by atoms with Crippen LogP contribution in [0.5, 0.6) is 0 Å². The predicted octanol–water partition coefficient (Wildman–Crippen LogP) is 4.49. The van der Waals surface area contributed by atoms with Gasteiger partial charge in [-0.3, -0.25) is 4.98 Å². The lowest BCUT2D eigenvalue weighted by molar-refractivity contribution is -0.0172. The van der Waals surface area contributed by atoms with Crippen molar-refractivity contribution in [3.63, 3.8) is 0 Å². The molecule has 8 nitrogen and oxygen atoms in total. The van der Waals surface area contributed by atoms with Crippen molar-refractivity contribution in [3.05, 3.63) is 139 Å². The standard InChI is InChI=1S/C21H20P.C11H11N3O5S/c1-2-18-22(19-12-6-3-7-13-19,20-14-8-4-9-15-20)21-16-10-5-11-17-21;15-11-13-6-4-8(9-3-1-2-5-12-9)10(7-13)14(11)19-20(16,17)18/h2-18H,1H3;1-5,10H,6-7H2,(H,16,17,18)/q+1;/p-1. The molecule has 1 unspecified atom stereocenters. The van der Waals surface area contributed by atoms with Gasteiger partial charge in [0.05, 0.1) is 18.1 Å². The Labute approximate surface area is 246 Å². The number of urea groups is 1. The molecule has 2 aliphatic rings. The second-order valence-corrected chi connectivity index (χ2v) is 13.9. The maximum absolute atomic E-state index is 11.9. The molecule has 1 atom stereocenters. The molecule has 1 fully saturated rings. The van der Waals surface area contributed by atoms with E-state index >= 15 is 0 Å². The smallest absolute Gasteiger partial charge is 0.346 e. The van der Waals surface area contributed by atoms with Gasteiger partial charge in [0.2, 0.25) is 10.4 Å². The molecule has 42 heavy (non-hydrogen) atoms. The van der Waals surface area contributed by atoms with Crippen LogP contribution >= 0.6 is 7.26 Å². The van der Waals surface area contributed by atoms with Gasteiger partial charge >= 0.3 is 6.03 Å². The topological polar surface area (TPSA) is 103 Å². The number of carbonyl (C=O) groups excluding carboxylic acids is 1. The van der Waals surface area contributed by atoms with Crippen molar-refractivity contribution < 1.29 is 22.0 Å². The number of hydroxylamine groups is 2. The maximum atomic E-state index is 11.9. The van der Waals surface area contributed by atoms with Crippen molar-refractivity contribution >= 4 is 45.2 Å². The zero-order valence-corrected chi connectivity index (χ0v) is 24.6. The molecule has 0 spiro atoms. The van der Waals surface area contributed by atoms with Gasteiger partial charge in [-0.1, -0.05) is 72.8 Å². The van der Waals surface area contributed by atoms with Crippen LogP contribution in [0.25, 0.3) is 5.57 Å². The van der Waals surface area contributed by atoms with Gasteiger partial charge in [-0.25, -0.2) is 13.2 Å². The molecule has 0 saturated carbocycles. The van der Waals surface area contributed by atoms with E-state index in [1.54, 1.807) is 30.5 Å². The Morgan fingerprint density at radius 1 is 0.857 bits per heavy atom. The third-order valence-corrected chi connectivity index (χ3v) is 11.4. The number of nitrogens with zero attached hydrogens (tertiary/aromatic N) is 3. The van der Waals surface area contributed by atoms with Gasteiger partial charge in [0.15, 0.2) is 0 Å². The van der Waals surface area contributed by atoms with E-state index in [1.165, 1.54) is 20.8 Å². The molecule has 0 N–H and O–H groups in total. The summed E-state index contributed by atoms with van der Waals surface area (Å²) in [7, 11) is -6.74. The van der Waals surface area contributed by atoms with Crippen LogP contribution in [0.2, 0.25) is 0 Å². The van der Waals surface area contributed by atoms with E-state index in [-0.39, 0.29) is 6.54 Å². The molecule has 2 bridgehead atoms. The Morgan fingerprint density at radius 2 is 1.38 bits per heavy atom. The third-order valence-electron chi connectivity index (χ3n) is 7.02. The van der Waals surface area contributed by atoms with Crippen molar-refractivity contribution in [2.75, 3.05) is 13.1 Å².